The second kappa shape index (κ2) is 5.00. The Kier molecular flexibility index (Phi) is 3.42. The maximum absolute atomic E-state index is 10.9. The molecule has 9 heteroatoms. The number of hydrogen-bond acceptors (Lipinski definition) is 7. The minimum Gasteiger partial charge on any atom is -0.399 e. The molecule has 18 heavy (non-hydrogen) atoms. The van der Waals surface area contributed by atoms with Crippen LogP contribution in [0.3, 0.4) is 0 Å². The van der Waals surface area contributed by atoms with Gasteiger partial charge in [-0.25, -0.2) is 0 Å². The minimum absolute atomic E-state index is 0.125. The number of nitrogens with zero attached hydrogens (tertiary/aromatic N) is 3. The third-order valence-electron chi connectivity index (χ3n) is 2.01. The lowest BCUT2D eigenvalue weighted by Gasteiger charge is -1.93. The van der Waals surface area contributed by atoms with Gasteiger partial charge >= 0.3 is 5.88 Å². The van der Waals surface area contributed by atoms with Gasteiger partial charge in [0.25, 0.3) is 0 Å². The summed E-state index contributed by atoms with van der Waals surface area (Å²) in [6.07, 6.45) is 0. The molecule has 1 N–H and O–H groups in total. The highest BCUT2D eigenvalue weighted by molar-refractivity contribution is 8.15. The predicted octanol–water partition coefficient (Wildman–Crippen LogP) is 1.13. The maximum Gasteiger partial charge on any atom is 0.433 e. The van der Waals surface area contributed by atoms with Crippen molar-refractivity contribution in [2.75, 3.05) is 5.75 Å². The molecule has 1 amide bonds. The molecule has 0 saturated carbocycles. The zero-order valence-corrected chi connectivity index (χ0v) is 10.1. The fraction of sp³-hybridized carbons (Fsp3) is 0.222. The Hall–Kier alpha value is -2.16. The summed E-state index contributed by atoms with van der Waals surface area (Å²) in [5.74, 6) is 0.107. The zero-order valence-electron chi connectivity index (χ0n) is 9.24. The van der Waals surface area contributed by atoms with Crippen molar-refractivity contribution in [3.8, 4) is 0 Å². The Balaban J connectivity index is 2.12. The highest BCUT2D eigenvalue weighted by Crippen LogP contribution is 2.16. The van der Waals surface area contributed by atoms with E-state index in [1.165, 1.54) is 23.9 Å². The molecule has 1 saturated heterocycles. The van der Waals surface area contributed by atoms with E-state index in [9.17, 15) is 14.9 Å². The van der Waals surface area contributed by atoms with E-state index in [1.807, 2.05) is 0 Å². The average molecular weight is 268 g/mol. The molecule has 0 bridgehead atoms. The first-order chi connectivity index (χ1) is 8.56. The monoisotopic (exact) mass is 268 g/mol. The van der Waals surface area contributed by atoms with Gasteiger partial charge in [-0.15, -0.1) is 10.2 Å². The Morgan fingerprint density at radius 1 is 1.61 bits per heavy atom. The normalized spacial score (nSPS) is 18.2. The quantitative estimate of drug-likeness (QED) is 0.502. The number of amidine groups is 1. The molecule has 0 aromatic carbocycles. The van der Waals surface area contributed by atoms with E-state index in [0.29, 0.717) is 16.6 Å². The van der Waals surface area contributed by atoms with Gasteiger partial charge in [0, 0.05) is 0 Å². The SMILES string of the molecule is C/C(=N\N=C1\NC(=O)CS1)c1ccc([N+](=O)[O-])o1. The lowest BCUT2D eigenvalue weighted by atomic mass is 10.3. The fourth-order valence-corrected chi connectivity index (χ4v) is 1.79. The topological polar surface area (TPSA) is 110 Å². The van der Waals surface area contributed by atoms with E-state index in [2.05, 4.69) is 15.5 Å². The first-order valence-corrected chi connectivity index (χ1v) is 5.84. The van der Waals surface area contributed by atoms with Crippen LogP contribution in [0.1, 0.15) is 12.7 Å². The Labute approximate surface area is 105 Å². The van der Waals surface area contributed by atoms with Crippen molar-refractivity contribution in [2.45, 2.75) is 6.92 Å². The molecular formula is C9H8N4O4S. The number of nitrogens with one attached hydrogen (secondary N) is 1. The highest BCUT2D eigenvalue weighted by Gasteiger charge is 2.17. The van der Waals surface area contributed by atoms with Crippen LogP contribution >= 0.6 is 11.8 Å². The van der Waals surface area contributed by atoms with Gasteiger partial charge in [0.1, 0.15) is 10.6 Å². The first kappa shape index (κ1) is 12.3. The standard InChI is InChI=1S/C9H8N4O4S/c1-5(6-2-3-8(17-6)13(15)16)11-12-9-10-7(14)4-18-9/h2-3H,4H2,1H3,(H,10,12,14)/b11-5+. The van der Waals surface area contributed by atoms with Crippen LogP contribution in [-0.4, -0.2) is 27.5 Å². The van der Waals surface area contributed by atoms with Crippen LogP contribution in [0, 0.1) is 10.1 Å². The molecule has 8 nitrogen and oxygen atoms in total. The molecule has 0 spiro atoms. The lowest BCUT2D eigenvalue weighted by molar-refractivity contribution is -0.402. The van der Waals surface area contributed by atoms with Crippen LogP contribution in [0.25, 0.3) is 0 Å². The van der Waals surface area contributed by atoms with Crippen molar-refractivity contribution in [3.63, 3.8) is 0 Å². The third-order valence-corrected chi connectivity index (χ3v) is 2.87. The summed E-state index contributed by atoms with van der Waals surface area (Å²) in [6, 6.07) is 2.69. The summed E-state index contributed by atoms with van der Waals surface area (Å²) in [5, 5.41) is 21.0. The van der Waals surface area contributed by atoms with Gasteiger partial charge in [0.05, 0.1) is 11.8 Å². The van der Waals surface area contributed by atoms with Gasteiger partial charge in [-0.1, -0.05) is 11.8 Å². The Morgan fingerprint density at radius 3 is 2.94 bits per heavy atom. The maximum atomic E-state index is 10.9. The molecule has 1 aromatic heterocycles. The number of amides is 1. The van der Waals surface area contributed by atoms with E-state index < -0.39 is 4.92 Å². The summed E-state index contributed by atoms with van der Waals surface area (Å²) >= 11 is 1.24. The number of hydrogen-bond donors (Lipinski definition) is 1. The van der Waals surface area contributed by atoms with Gasteiger partial charge in [-0.05, 0) is 13.0 Å². The van der Waals surface area contributed by atoms with Crippen LogP contribution in [0.4, 0.5) is 5.88 Å². The molecular weight excluding hydrogens is 260 g/mol. The summed E-state index contributed by atoms with van der Waals surface area (Å²) in [4.78, 5) is 20.7. The Bertz CT molecular complexity index is 563. The molecule has 1 aliphatic rings. The second-order valence-corrected chi connectivity index (χ2v) is 4.29. The smallest absolute Gasteiger partial charge is 0.399 e. The van der Waals surface area contributed by atoms with Crippen molar-refractivity contribution in [2.24, 2.45) is 10.2 Å². The van der Waals surface area contributed by atoms with Gasteiger partial charge in [0.2, 0.25) is 5.91 Å². The van der Waals surface area contributed by atoms with E-state index >= 15 is 0 Å². The molecule has 0 unspecified atom stereocenters. The van der Waals surface area contributed by atoms with E-state index in [4.69, 9.17) is 4.42 Å². The molecule has 0 aliphatic carbocycles. The molecule has 94 valence electrons. The summed E-state index contributed by atoms with van der Waals surface area (Å²) < 4.78 is 4.95. The number of carbonyl (C=O) groups excluding carboxylic acids is 1. The molecule has 2 rings (SSSR count). The molecule has 2 heterocycles. The summed E-state index contributed by atoms with van der Waals surface area (Å²) in [5.41, 5.74) is 0.386. The molecule has 1 aromatic rings. The van der Waals surface area contributed by atoms with Gasteiger partial charge in [-0.2, -0.15) is 0 Å². The van der Waals surface area contributed by atoms with Crippen molar-refractivity contribution in [3.05, 3.63) is 28.0 Å². The van der Waals surface area contributed by atoms with Crippen LogP contribution in [0.2, 0.25) is 0 Å². The van der Waals surface area contributed by atoms with Gasteiger partial charge < -0.3 is 9.73 Å². The van der Waals surface area contributed by atoms with E-state index in [1.54, 1.807) is 6.92 Å². The summed E-state index contributed by atoms with van der Waals surface area (Å²) in [6.45, 7) is 1.61. The van der Waals surface area contributed by atoms with Crippen molar-refractivity contribution in [1.29, 1.82) is 0 Å². The molecule has 1 fully saturated rings. The van der Waals surface area contributed by atoms with Crippen molar-refractivity contribution < 1.29 is 14.1 Å². The number of rotatable bonds is 3. The predicted molar refractivity (Wildman–Crippen MR) is 65.6 cm³/mol. The second-order valence-electron chi connectivity index (χ2n) is 3.32. The lowest BCUT2D eigenvalue weighted by Crippen LogP contribution is -2.19. The van der Waals surface area contributed by atoms with Crippen LogP contribution in [-0.2, 0) is 4.79 Å². The van der Waals surface area contributed by atoms with E-state index in [-0.39, 0.29) is 17.6 Å². The largest absolute Gasteiger partial charge is 0.433 e. The minimum atomic E-state index is -0.629. The van der Waals surface area contributed by atoms with Crippen molar-refractivity contribution >= 4 is 34.4 Å². The molecule has 1 aliphatic heterocycles. The number of furan rings is 1. The third kappa shape index (κ3) is 2.74. The fourth-order valence-electron chi connectivity index (χ4n) is 1.17. The number of thioether (sulfide) groups is 1. The Morgan fingerprint density at radius 2 is 2.39 bits per heavy atom. The van der Waals surface area contributed by atoms with Crippen LogP contribution < -0.4 is 5.32 Å². The van der Waals surface area contributed by atoms with Gasteiger partial charge in [-0.3, -0.25) is 14.9 Å². The summed E-state index contributed by atoms with van der Waals surface area (Å²) in [7, 11) is 0. The zero-order chi connectivity index (χ0) is 13.1. The highest BCUT2D eigenvalue weighted by atomic mass is 32.2. The number of carbonyl (C=O) groups is 1. The average Bonchev–Trinajstić information content (AvgIpc) is 2.94. The van der Waals surface area contributed by atoms with Crippen molar-refractivity contribution in [1.82, 2.24) is 5.32 Å². The van der Waals surface area contributed by atoms with Gasteiger partial charge in [0.15, 0.2) is 10.9 Å². The number of nitro groups is 1. The van der Waals surface area contributed by atoms with Crippen LogP contribution in [0.5, 0.6) is 0 Å². The van der Waals surface area contributed by atoms with E-state index in [0.717, 1.165) is 0 Å². The molecule has 0 radical (unpaired) electrons. The molecule has 0 atom stereocenters. The van der Waals surface area contributed by atoms with Crippen LogP contribution in [0.15, 0.2) is 26.8 Å². The first-order valence-electron chi connectivity index (χ1n) is 4.86.